The van der Waals surface area contributed by atoms with Crippen molar-refractivity contribution in [1.82, 2.24) is 0 Å². The highest BCUT2D eigenvalue weighted by Crippen LogP contribution is 2.45. The first kappa shape index (κ1) is 28.5. The van der Waals surface area contributed by atoms with E-state index >= 15 is 0 Å². The summed E-state index contributed by atoms with van der Waals surface area (Å²) in [4.78, 5) is 28.7. The Morgan fingerprint density at radius 2 is 1.48 bits per heavy atom. The van der Waals surface area contributed by atoms with Crippen molar-refractivity contribution in [3.05, 3.63) is 82.9 Å². The normalized spacial score (nSPS) is 16.2. The van der Waals surface area contributed by atoms with Gasteiger partial charge < -0.3 is 24.1 Å². The molecule has 8 nitrogen and oxygen atoms in total. The number of anilines is 1. The third-order valence-corrected chi connectivity index (χ3v) is 6.69. The number of hydrogen-bond acceptors (Lipinski definition) is 7. The van der Waals surface area contributed by atoms with Gasteiger partial charge in [0, 0.05) is 11.8 Å². The standard InChI is InChI=1S/C32H35NO7/c1-6-20-10-13-22(14-11-20)33-29(21-12-17-25(37-5)27(18-21)40-9-4)28(31(35)32(33)36)30(34)24-16-15-23(38-7-2)19-26(24)39-8-3/h10-19,29,34H,6-9H2,1-5H3/b30-28+. The molecule has 0 spiro atoms. The summed E-state index contributed by atoms with van der Waals surface area (Å²) in [5.41, 5.74) is 2.44. The van der Waals surface area contributed by atoms with Gasteiger partial charge in [0.15, 0.2) is 11.5 Å². The number of ether oxygens (including phenoxy) is 4. The van der Waals surface area contributed by atoms with Gasteiger partial charge in [-0.05, 0) is 74.7 Å². The van der Waals surface area contributed by atoms with Crippen LogP contribution in [0.2, 0.25) is 0 Å². The number of carbonyl (C=O) groups excluding carboxylic acids is 2. The highest BCUT2D eigenvalue weighted by atomic mass is 16.5. The molecular weight excluding hydrogens is 510 g/mol. The number of methoxy groups -OCH3 is 1. The number of hydrogen-bond donors (Lipinski definition) is 1. The van der Waals surface area contributed by atoms with Crippen LogP contribution in [0.1, 0.15) is 50.4 Å². The molecule has 8 heteroatoms. The van der Waals surface area contributed by atoms with E-state index in [4.69, 9.17) is 18.9 Å². The second-order valence-electron chi connectivity index (χ2n) is 9.06. The van der Waals surface area contributed by atoms with Crippen LogP contribution in [0, 0.1) is 0 Å². The molecule has 0 bridgehead atoms. The van der Waals surface area contributed by atoms with E-state index in [-0.39, 0.29) is 16.9 Å². The van der Waals surface area contributed by atoms with Gasteiger partial charge in [-0.3, -0.25) is 14.5 Å². The lowest BCUT2D eigenvalue weighted by Crippen LogP contribution is -2.29. The molecule has 1 heterocycles. The van der Waals surface area contributed by atoms with Gasteiger partial charge in [0.05, 0.1) is 44.1 Å². The molecule has 0 aliphatic carbocycles. The molecule has 1 N–H and O–H groups in total. The third kappa shape index (κ3) is 5.47. The number of aliphatic hydroxyl groups excluding tert-OH is 1. The van der Waals surface area contributed by atoms with Crippen molar-refractivity contribution in [2.45, 2.75) is 40.2 Å². The molecule has 1 atom stereocenters. The Balaban J connectivity index is 1.96. The predicted octanol–water partition coefficient (Wildman–Crippen LogP) is 6.08. The van der Waals surface area contributed by atoms with Gasteiger partial charge >= 0.3 is 0 Å². The number of amides is 1. The lowest BCUT2D eigenvalue weighted by molar-refractivity contribution is -0.132. The maximum absolute atomic E-state index is 13.7. The van der Waals surface area contributed by atoms with Crippen LogP contribution >= 0.6 is 0 Å². The maximum Gasteiger partial charge on any atom is 0.300 e. The zero-order valence-corrected chi connectivity index (χ0v) is 23.5. The molecule has 1 unspecified atom stereocenters. The van der Waals surface area contributed by atoms with Gasteiger partial charge in [0.1, 0.15) is 17.3 Å². The second-order valence-corrected chi connectivity index (χ2v) is 9.06. The molecule has 1 amide bonds. The number of carbonyl (C=O) groups is 2. The molecule has 4 rings (SSSR count). The van der Waals surface area contributed by atoms with Gasteiger partial charge in [-0.1, -0.05) is 25.1 Å². The first-order valence-electron chi connectivity index (χ1n) is 13.5. The van der Waals surface area contributed by atoms with Crippen LogP contribution in [0.4, 0.5) is 5.69 Å². The van der Waals surface area contributed by atoms with Crippen LogP contribution in [-0.2, 0) is 16.0 Å². The highest BCUT2D eigenvalue weighted by molar-refractivity contribution is 6.51. The van der Waals surface area contributed by atoms with Crippen molar-refractivity contribution < 1.29 is 33.6 Å². The summed E-state index contributed by atoms with van der Waals surface area (Å²) >= 11 is 0. The van der Waals surface area contributed by atoms with Gasteiger partial charge in [0.2, 0.25) is 0 Å². The van der Waals surface area contributed by atoms with Crippen LogP contribution in [0.3, 0.4) is 0 Å². The summed E-state index contributed by atoms with van der Waals surface area (Å²) in [5.74, 6) is 0.00223. The van der Waals surface area contributed by atoms with Crippen molar-refractivity contribution in [3.63, 3.8) is 0 Å². The quantitative estimate of drug-likeness (QED) is 0.177. The van der Waals surface area contributed by atoms with Gasteiger partial charge in [-0.2, -0.15) is 0 Å². The van der Waals surface area contributed by atoms with Crippen molar-refractivity contribution >= 4 is 23.1 Å². The number of aryl methyl sites for hydroxylation is 1. The Bertz CT molecular complexity index is 1410. The molecule has 1 aliphatic heterocycles. The molecular formula is C32H35NO7. The van der Waals surface area contributed by atoms with Crippen LogP contribution < -0.4 is 23.8 Å². The summed E-state index contributed by atoms with van der Waals surface area (Å²) in [5, 5.41) is 11.7. The Morgan fingerprint density at radius 1 is 0.800 bits per heavy atom. The van der Waals surface area contributed by atoms with E-state index in [0.29, 0.717) is 54.1 Å². The number of aliphatic hydroxyl groups is 1. The zero-order valence-electron chi connectivity index (χ0n) is 23.5. The van der Waals surface area contributed by atoms with E-state index in [1.54, 1.807) is 43.5 Å². The molecule has 0 aromatic heterocycles. The van der Waals surface area contributed by atoms with Gasteiger partial charge in [0.25, 0.3) is 11.7 Å². The Kier molecular flexibility index (Phi) is 8.99. The summed E-state index contributed by atoms with van der Waals surface area (Å²) in [7, 11) is 1.54. The fourth-order valence-corrected chi connectivity index (χ4v) is 4.81. The first-order valence-corrected chi connectivity index (χ1v) is 13.5. The van der Waals surface area contributed by atoms with E-state index in [1.165, 1.54) is 4.90 Å². The number of ketones is 1. The lowest BCUT2D eigenvalue weighted by Gasteiger charge is -2.26. The van der Waals surface area contributed by atoms with Crippen LogP contribution in [0.5, 0.6) is 23.0 Å². The van der Waals surface area contributed by atoms with Crippen molar-refractivity contribution in [2.24, 2.45) is 0 Å². The summed E-state index contributed by atoms with van der Waals surface area (Å²) < 4.78 is 22.7. The van der Waals surface area contributed by atoms with Crippen molar-refractivity contribution in [2.75, 3.05) is 31.8 Å². The van der Waals surface area contributed by atoms with Gasteiger partial charge in [-0.15, -0.1) is 0 Å². The summed E-state index contributed by atoms with van der Waals surface area (Å²) in [6, 6.07) is 16.7. The predicted molar refractivity (Wildman–Crippen MR) is 154 cm³/mol. The molecule has 1 fully saturated rings. The highest BCUT2D eigenvalue weighted by Gasteiger charge is 2.47. The average molecular weight is 546 g/mol. The number of rotatable bonds is 11. The van der Waals surface area contributed by atoms with Crippen LogP contribution in [-0.4, -0.2) is 43.7 Å². The smallest absolute Gasteiger partial charge is 0.300 e. The van der Waals surface area contributed by atoms with Crippen molar-refractivity contribution in [1.29, 1.82) is 0 Å². The zero-order chi connectivity index (χ0) is 28.8. The molecule has 0 saturated carbocycles. The molecule has 1 aliphatic rings. The average Bonchev–Trinajstić information content (AvgIpc) is 3.23. The van der Waals surface area contributed by atoms with E-state index < -0.39 is 17.7 Å². The van der Waals surface area contributed by atoms with Crippen molar-refractivity contribution in [3.8, 4) is 23.0 Å². The SMILES string of the molecule is CCOc1ccc(/C(O)=C2\C(=O)C(=O)N(c3ccc(CC)cc3)C2c2ccc(OC)c(OCC)c2)c(OCC)c1. The molecule has 40 heavy (non-hydrogen) atoms. The minimum absolute atomic E-state index is 0.0534. The van der Waals surface area contributed by atoms with E-state index in [1.807, 2.05) is 52.0 Å². The Hall–Kier alpha value is -4.46. The number of Topliss-reactive ketones (excluding diaryl/α,β-unsaturated/α-hetero) is 1. The van der Waals surface area contributed by atoms with Crippen LogP contribution in [0.15, 0.2) is 66.2 Å². The van der Waals surface area contributed by atoms with E-state index in [0.717, 1.165) is 12.0 Å². The monoisotopic (exact) mass is 545 g/mol. The summed E-state index contributed by atoms with van der Waals surface area (Å²) in [6.07, 6.45) is 0.830. The molecule has 1 saturated heterocycles. The maximum atomic E-state index is 13.7. The fourth-order valence-electron chi connectivity index (χ4n) is 4.81. The molecule has 3 aromatic rings. The second kappa shape index (κ2) is 12.6. The Morgan fingerprint density at radius 3 is 2.10 bits per heavy atom. The van der Waals surface area contributed by atoms with E-state index in [9.17, 15) is 14.7 Å². The summed E-state index contributed by atoms with van der Waals surface area (Å²) in [6.45, 7) is 8.76. The minimum Gasteiger partial charge on any atom is -0.507 e. The lowest BCUT2D eigenvalue weighted by atomic mass is 9.94. The number of nitrogens with zero attached hydrogens (tertiary/aromatic N) is 1. The third-order valence-electron chi connectivity index (χ3n) is 6.69. The fraction of sp³-hybridized carbons (Fsp3) is 0.312. The Labute approximate surface area is 234 Å². The topological polar surface area (TPSA) is 94.5 Å². The van der Waals surface area contributed by atoms with Crippen LogP contribution in [0.25, 0.3) is 5.76 Å². The molecule has 210 valence electrons. The van der Waals surface area contributed by atoms with Gasteiger partial charge in [-0.25, -0.2) is 0 Å². The minimum atomic E-state index is -0.932. The van der Waals surface area contributed by atoms with E-state index in [2.05, 4.69) is 0 Å². The molecule has 3 aromatic carbocycles. The largest absolute Gasteiger partial charge is 0.507 e. The number of benzene rings is 3. The first-order chi connectivity index (χ1) is 19.4. The molecule has 0 radical (unpaired) electrons.